The number of aryl methyl sites for hydroxylation is 3. The quantitative estimate of drug-likeness (QED) is 0.520. The maximum atomic E-state index is 12.9. The van der Waals surface area contributed by atoms with Crippen molar-refractivity contribution >= 4 is 49.2 Å². The number of benzene rings is 2. The van der Waals surface area contributed by atoms with Gasteiger partial charge in [0.05, 0.1) is 15.1 Å². The highest BCUT2D eigenvalue weighted by molar-refractivity contribution is 7.98. The van der Waals surface area contributed by atoms with E-state index in [9.17, 15) is 13.2 Å². The predicted octanol–water partition coefficient (Wildman–Crippen LogP) is 4.21. The van der Waals surface area contributed by atoms with Crippen molar-refractivity contribution in [3.8, 4) is 0 Å². The molecule has 3 aromatic rings. The molecule has 0 aliphatic carbocycles. The van der Waals surface area contributed by atoms with Crippen LogP contribution in [0.15, 0.2) is 46.3 Å². The van der Waals surface area contributed by atoms with E-state index in [1.807, 2.05) is 0 Å². The van der Waals surface area contributed by atoms with Crippen LogP contribution < -0.4 is 4.80 Å². The second-order valence-corrected chi connectivity index (χ2v) is 11.9. The van der Waals surface area contributed by atoms with Gasteiger partial charge in [-0.1, -0.05) is 17.4 Å². The standard InChI is InChI=1S/C23H27N3O3S3/c1-16-14-17(2)21-20(15-16)26(12-13-30-3)23(31-21)24-22(27)18-6-8-19(9-7-18)32(28,29)25-10-4-5-11-25/h6-9,14-15H,4-5,10-13H2,1-3H3. The van der Waals surface area contributed by atoms with Crippen LogP contribution in [-0.4, -0.2) is 48.3 Å². The van der Waals surface area contributed by atoms with Gasteiger partial charge < -0.3 is 4.57 Å². The minimum atomic E-state index is -3.50. The van der Waals surface area contributed by atoms with Gasteiger partial charge in [-0.3, -0.25) is 4.79 Å². The van der Waals surface area contributed by atoms with E-state index in [4.69, 9.17) is 0 Å². The van der Waals surface area contributed by atoms with Gasteiger partial charge in [-0.2, -0.15) is 21.1 Å². The molecule has 0 bridgehead atoms. The second kappa shape index (κ2) is 9.51. The van der Waals surface area contributed by atoms with Crippen LogP contribution >= 0.6 is 23.1 Å². The van der Waals surface area contributed by atoms with Crippen molar-refractivity contribution in [2.24, 2.45) is 4.99 Å². The van der Waals surface area contributed by atoms with Gasteiger partial charge in [-0.25, -0.2) is 8.42 Å². The Labute approximate surface area is 197 Å². The van der Waals surface area contributed by atoms with Crippen molar-refractivity contribution in [2.45, 2.75) is 38.1 Å². The summed E-state index contributed by atoms with van der Waals surface area (Å²) in [6, 6.07) is 10.4. The molecule has 2 aromatic carbocycles. The van der Waals surface area contributed by atoms with Crippen LogP contribution in [0.1, 0.15) is 34.3 Å². The maximum Gasteiger partial charge on any atom is 0.279 e. The molecule has 1 aromatic heterocycles. The van der Waals surface area contributed by atoms with Gasteiger partial charge in [0.25, 0.3) is 5.91 Å². The molecule has 1 amide bonds. The number of rotatable bonds is 6. The molecule has 0 N–H and O–H groups in total. The minimum absolute atomic E-state index is 0.221. The third-order valence-corrected chi connectivity index (χ3v) is 9.37. The lowest BCUT2D eigenvalue weighted by Crippen LogP contribution is -2.27. The molecular weight excluding hydrogens is 462 g/mol. The summed E-state index contributed by atoms with van der Waals surface area (Å²) in [5.41, 5.74) is 3.83. The summed E-state index contributed by atoms with van der Waals surface area (Å²) in [6.07, 6.45) is 3.84. The molecule has 0 saturated carbocycles. The largest absolute Gasteiger partial charge is 0.315 e. The number of hydrogen-bond donors (Lipinski definition) is 0. The molecular formula is C23H27N3O3S3. The number of fused-ring (bicyclic) bond motifs is 1. The number of amides is 1. The number of carbonyl (C=O) groups excluding carboxylic acids is 1. The number of sulfonamides is 1. The van der Waals surface area contributed by atoms with Gasteiger partial charge in [0.15, 0.2) is 4.80 Å². The van der Waals surface area contributed by atoms with Crippen molar-refractivity contribution in [1.29, 1.82) is 0 Å². The lowest BCUT2D eigenvalue weighted by atomic mass is 10.1. The SMILES string of the molecule is CSCCn1c(=NC(=O)c2ccc(S(=O)(=O)N3CCCC3)cc2)sc2c(C)cc(C)cc21. The number of thiazole rings is 1. The maximum absolute atomic E-state index is 12.9. The van der Waals surface area contributed by atoms with Crippen LogP contribution in [0.5, 0.6) is 0 Å². The van der Waals surface area contributed by atoms with Gasteiger partial charge in [-0.15, -0.1) is 0 Å². The fourth-order valence-electron chi connectivity index (χ4n) is 3.99. The normalized spacial score (nSPS) is 15.7. The molecule has 0 unspecified atom stereocenters. The van der Waals surface area contributed by atoms with E-state index in [-0.39, 0.29) is 10.8 Å². The summed E-state index contributed by atoms with van der Waals surface area (Å²) in [7, 11) is -3.50. The van der Waals surface area contributed by atoms with Crippen LogP contribution in [0.3, 0.4) is 0 Å². The lowest BCUT2D eigenvalue weighted by molar-refractivity contribution is 0.0997. The molecule has 32 heavy (non-hydrogen) atoms. The Bertz CT molecular complexity index is 1320. The minimum Gasteiger partial charge on any atom is -0.315 e. The molecule has 1 saturated heterocycles. The van der Waals surface area contributed by atoms with Gasteiger partial charge in [-0.05, 0) is 74.4 Å². The number of hydrogen-bond acceptors (Lipinski definition) is 5. The Morgan fingerprint density at radius 2 is 1.81 bits per heavy atom. The van der Waals surface area contributed by atoms with E-state index in [2.05, 4.69) is 41.8 Å². The highest BCUT2D eigenvalue weighted by atomic mass is 32.2. The molecule has 1 fully saturated rings. The summed E-state index contributed by atoms with van der Waals surface area (Å²) in [4.78, 5) is 18.3. The van der Waals surface area contributed by atoms with Crippen LogP contribution in [0.2, 0.25) is 0 Å². The third-order valence-electron chi connectivity index (χ3n) is 5.63. The Hall–Kier alpha value is -1.94. The zero-order valence-corrected chi connectivity index (χ0v) is 20.9. The van der Waals surface area contributed by atoms with Crippen LogP contribution in [0.25, 0.3) is 10.2 Å². The van der Waals surface area contributed by atoms with Crippen molar-refractivity contribution in [2.75, 3.05) is 25.1 Å². The van der Waals surface area contributed by atoms with Gasteiger partial charge in [0.2, 0.25) is 10.0 Å². The molecule has 9 heteroatoms. The first-order chi connectivity index (χ1) is 15.3. The summed E-state index contributed by atoms with van der Waals surface area (Å²) in [5, 5.41) is 0. The number of carbonyl (C=O) groups is 1. The highest BCUT2D eigenvalue weighted by Crippen LogP contribution is 2.24. The van der Waals surface area contributed by atoms with E-state index < -0.39 is 10.0 Å². The number of thioether (sulfide) groups is 1. The zero-order valence-electron chi connectivity index (χ0n) is 18.5. The molecule has 0 radical (unpaired) electrons. The second-order valence-electron chi connectivity index (χ2n) is 8.01. The molecule has 4 rings (SSSR count). The third kappa shape index (κ3) is 4.57. The van der Waals surface area contributed by atoms with Crippen molar-refractivity contribution < 1.29 is 13.2 Å². The van der Waals surface area contributed by atoms with Crippen LogP contribution in [0, 0.1) is 13.8 Å². The molecule has 6 nitrogen and oxygen atoms in total. The van der Waals surface area contributed by atoms with E-state index >= 15 is 0 Å². The molecule has 1 aliphatic rings. The average Bonchev–Trinajstić information content (AvgIpc) is 3.42. The number of aromatic nitrogens is 1. The highest BCUT2D eigenvalue weighted by Gasteiger charge is 2.27. The first kappa shape index (κ1) is 23.2. The van der Waals surface area contributed by atoms with Gasteiger partial charge >= 0.3 is 0 Å². The van der Waals surface area contributed by atoms with Gasteiger partial charge in [0.1, 0.15) is 0 Å². The van der Waals surface area contributed by atoms with Crippen molar-refractivity contribution in [3.63, 3.8) is 0 Å². The Morgan fingerprint density at radius 1 is 1.12 bits per heavy atom. The monoisotopic (exact) mass is 489 g/mol. The lowest BCUT2D eigenvalue weighted by Gasteiger charge is -2.15. The fourth-order valence-corrected chi connectivity index (χ4v) is 6.98. The topological polar surface area (TPSA) is 71.7 Å². The van der Waals surface area contributed by atoms with Crippen LogP contribution in [0.4, 0.5) is 0 Å². The Morgan fingerprint density at radius 3 is 2.47 bits per heavy atom. The molecule has 0 atom stereocenters. The first-order valence-corrected chi connectivity index (χ1v) is 14.2. The summed E-state index contributed by atoms with van der Waals surface area (Å²) < 4.78 is 30.2. The summed E-state index contributed by atoms with van der Waals surface area (Å²) in [5.74, 6) is 0.553. The predicted molar refractivity (Wildman–Crippen MR) is 132 cm³/mol. The number of nitrogens with zero attached hydrogens (tertiary/aromatic N) is 3. The summed E-state index contributed by atoms with van der Waals surface area (Å²) in [6.45, 7) is 6.03. The molecule has 1 aliphatic heterocycles. The smallest absolute Gasteiger partial charge is 0.279 e. The molecule has 2 heterocycles. The van der Waals surface area contributed by atoms with E-state index in [1.165, 1.54) is 38.9 Å². The zero-order chi connectivity index (χ0) is 22.9. The first-order valence-electron chi connectivity index (χ1n) is 10.6. The van der Waals surface area contributed by atoms with E-state index in [0.717, 1.165) is 35.4 Å². The molecule has 0 spiro atoms. The Kier molecular flexibility index (Phi) is 6.90. The van der Waals surface area contributed by atoms with Gasteiger partial charge in [0, 0.05) is 31.0 Å². The molecule has 170 valence electrons. The van der Waals surface area contributed by atoms with E-state index in [0.29, 0.717) is 23.5 Å². The summed E-state index contributed by atoms with van der Waals surface area (Å²) >= 11 is 3.27. The van der Waals surface area contributed by atoms with Crippen molar-refractivity contribution in [1.82, 2.24) is 8.87 Å². The Balaban J connectivity index is 1.69. The fraction of sp³-hybridized carbons (Fsp3) is 0.391. The van der Waals surface area contributed by atoms with E-state index in [1.54, 1.807) is 23.9 Å². The van der Waals surface area contributed by atoms with Crippen molar-refractivity contribution in [3.05, 3.63) is 57.9 Å². The average molecular weight is 490 g/mol. The van der Waals surface area contributed by atoms with Crippen LogP contribution in [-0.2, 0) is 16.6 Å².